The van der Waals surface area contributed by atoms with Gasteiger partial charge in [-0.05, 0) is 12.8 Å². The SMILES string of the molecule is O=c1[nH]ncc2[nH]c(C3CCCO3)nc12. The van der Waals surface area contributed by atoms with Crippen LogP contribution in [-0.2, 0) is 4.74 Å². The monoisotopic (exact) mass is 206 g/mol. The van der Waals surface area contributed by atoms with Crippen LogP contribution in [0.5, 0.6) is 0 Å². The minimum Gasteiger partial charge on any atom is -0.370 e. The van der Waals surface area contributed by atoms with Crippen LogP contribution in [0.15, 0.2) is 11.0 Å². The van der Waals surface area contributed by atoms with Crippen molar-refractivity contribution in [1.29, 1.82) is 0 Å². The van der Waals surface area contributed by atoms with E-state index in [9.17, 15) is 4.79 Å². The molecule has 0 radical (unpaired) electrons. The molecule has 15 heavy (non-hydrogen) atoms. The third-order valence-electron chi connectivity index (χ3n) is 2.56. The molecule has 0 aliphatic carbocycles. The summed E-state index contributed by atoms with van der Waals surface area (Å²) in [7, 11) is 0. The predicted molar refractivity (Wildman–Crippen MR) is 52.4 cm³/mol. The van der Waals surface area contributed by atoms with Crippen molar-refractivity contribution in [3.63, 3.8) is 0 Å². The molecule has 2 aromatic heterocycles. The Morgan fingerprint density at radius 3 is 3.20 bits per heavy atom. The normalized spacial score (nSPS) is 21.2. The highest BCUT2D eigenvalue weighted by atomic mass is 16.5. The second kappa shape index (κ2) is 3.16. The van der Waals surface area contributed by atoms with Crippen molar-refractivity contribution < 1.29 is 4.74 Å². The lowest BCUT2D eigenvalue weighted by atomic mass is 10.2. The summed E-state index contributed by atoms with van der Waals surface area (Å²) < 4.78 is 5.48. The lowest BCUT2D eigenvalue weighted by molar-refractivity contribution is 0.106. The molecule has 1 fully saturated rings. The molecule has 3 heterocycles. The van der Waals surface area contributed by atoms with E-state index in [-0.39, 0.29) is 11.7 Å². The third-order valence-corrected chi connectivity index (χ3v) is 2.56. The first-order valence-corrected chi connectivity index (χ1v) is 4.89. The standard InChI is InChI=1S/C9H10N4O2/c14-9-7-5(4-10-13-9)11-8(12-7)6-2-1-3-15-6/h4,6H,1-3H2,(H,11,12)(H,13,14). The second-order valence-corrected chi connectivity index (χ2v) is 3.59. The van der Waals surface area contributed by atoms with E-state index in [0.29, 0.717) is 11.0 Å². The third kappa shape index (κ3) is 1.33. The van der Waals surface area contributed by atoms with Crippen molar-refractivity contribution in [2.75, 3.05) is 6.61 Å². The van der Waals surface area contributed by atoms with Gasteiger partial charge < -0.3 is 9.72 Å². The van der Waals surface area contributed by atoms with Crippen molar-refractivity contribution >= 4 is 11.0 Å². The van der Waals surface area contributed by atoms with Gasteiger partial charge in [0.25, 0.3) is 5.56 Å². The fraction of sp³-hybridized carbons (Fsp3) is 0.444. The second-order valence-electron chi connectivity index (χ2n) is 3.59. The molecule has 2 aromatic rings. The van der Waals surface area contributed by atoms with Gasteiger partial charge in [-0.25, -0.2) is 10.1 Å². The van der Waals surface area contributed by atoms with E-state index < -0.39 is 0 Å². The first kappa shape index (κ1) is 8.60. The molecule has 3 rings (SSSR count). The molecule has 1 saturated heterocycles. The van der Waals surface area contributed by atoms with Crippen LogP contribution < -0.4 is 5.56 Å². The maximum atomic E-state index is 11.4. The van der Waals surface area contributed by atoms with Crippen LogP contribution in [-0.4, -0.2) is 26.8 Å². The van der Waals surface area contributed by atoms with Gasteiger partial charge in [0, 0.05) is 6.61 Å². The maximum absolute atomic E-state index is 11.4. The summed E-state index contributed by atoms with van der Waals surface area (Å²) in [6, 6.07) is 0. The predicted octanol–water partition coefficient (Wildman–Crippen LogP) is 0.498. The van der Waals surface area contributed by atoms with Gasteiger partial charge in [-0.15, -0.1) is 0 Å². The number of ether oxygens (including phenoxy) is 1. The van der Waals surface area contributed by atoms with E-state index >= 15 is 0 Å². The lowest BCUT2D eigenvalue weighted by Crippen LogP contribution is -2.07. The molecular formula is C9H10N4O2. The zero-order chi connectivity index (χ0) is 10.3. The number of aromatic nitrogens is 4. The van der Waals surface area contributed by atoms with Crippen molar-refractivity contribution in [2.24, 2.45) is 0 Å². The molecule has 0 spiro atoms. The van der Waals surface area contributed by atoms with Gasteiger partial charge in [0.05, 0.1) is 11.7 Å². The van der Waals surface area contributed by atoms with E-state index in [2.05, 4.69) is 20.2 Å². The number of nitrogens with one attached hydrogen (secondary N) is 2. The van der Waals surface area contributed by atoms with E-state index in [1.807, 2.05) is 0 Å². The maximum Gasteiger partial charge on any atom is 0.292 e. The van der Waals surface area contributed by atoms with Gasteiger partial charge in [-0.1, -0.05) is 0 Å². The number of rotatable bonds is 1. The molecule has 6 heteroatoms. The van der Waals surface area contributed by atoms with Gasteiger partial charge in [-0.3, -0.25) is 4.79 Å². The minimum atomic E-state index is -0.270. The van der Waals surface area contributed by atoms with Crippen LogP contribution >= 0.6 is 0 Å². The van der Waals surface area contributed by atoms with Crippen LogP contribution in [0.3, 0.4) is 0 Å². The zero-order valence-corrected chi connectivity index (χ0v) is 7.99. The van der Waals surface area contributed by atoms with Crippen molar-refractivity contribution in [2.45, 2.75) is 18.9 Å². The van der Waals surface area contributed by atoms with Gasteiger partial charge in [0.2, 0.25) is 0 Å². The first-order chi connectivity index (χ1) is 7.34. The summed E-state index contributed by atoms with van der Waals surface area (Å²) in [5, 5.41) is 6.05. The Balaban J connectivity index is 2.13. The van der Waals surface area contributed by atoms with E-state index in [0.717, 1.165) is 25.3 Å². The van der Waals surface area contributed by atoms with Crippen molar-refractivity contribution in [3.05, 3.63) is 22.4 Å². The molecule has 0 aromatic carbocycles. The Hall–Kier alpha value is -1.69. The smallest absolute Gasteiger partial charge is 0.292 e. The number of fused-ring (bicyclic) bond motifs is 1. The molecule has 0 amide bonds. The van der Waals surface area contributed by atoms with E-state index in [1.165, 1.54) is 0 Å². The molecule has 0 bridgehead atoms. The molecule has 1 unspecified atom stereocenters. The summed E-state index contributed by atoms with van der Waals surface area (Å²) >= 11 is 0. The number of imidazole rings is 1. The minimum absolute atomic E-state index is 0.00296. The number of aromatic amines is 2. The quantitative estimate of drug-likeness (QED) is 0.711. The fourth-order valence-electron chi connectivity index (χ4n) is 1.83. The highest BCUT2D eigenvalue weighted by Crippen LogP contribution is 2.26. The van der Waals surface area contributed by atoms with Crippen LogP contribution in [0, 0.1) is 0 Å². The number of nitrogens with zero attached hydrogens (tertiary/aromatic N) is 2. The fourth-order valence-corrected chi connectivity index (χ4v) is 1.83. The number of hydrogen-bond acceptors (Lipinski definition) is 4. The Bertz CT molecular complexity index is 538. The highest BCUT2D eigenvalue weighted by molar-refractivity contribution is 5.72. The van der Waals surface area contributed by atoms with Crippen LogP contribution in [0.2, 0.25) is 0 Å². The lowest BCUT2D eigenvalue weighted by Gasteiger charge is -2.03. The van der Waals surface area contributed by atoms with Crippen molar-refractivity contribution in [1.82, 2.24) is 20.2 Å². The average molecular weight is 206 g/mol. The highest BCUT2D eigenvalue weighted by Gasteiger charge is 2.21. The molecule has 1 aliphatic heterocycles. The van der Waals surface area contributed by atoms with Crippen molar-refractivity contribution in [3.8, 4) is 0 Å². The van der Waals surface area contributed by atoms with Gasteiger partial charge >= 0.3 is 0 Å². The van der Waals surface area contributed by atoms with Crippen LogP contribution in [0.4, 0.5) is 0 Å². The summed E-state index contributed by atoms with van der Waals surface area (Å²) in [5.74, 6) is 0.723. The molecule has 78 valence electrons. The zero-order valence-electron chi connectivity index (χ0n) is 7.99. The van der Waals surface area contributed by atoms with Crippen LogP contribution in [0.25, 0.3) is 11.0 Å². The summed E-state index contributed by atoms with van der Waals surface area (Å²) in [6.07, 6.45) is 3.54. The van der Waals surface area contributed by atoms with E-state index in [1.54, 1.807) is 6.20 Å². The molecule has 2 N–H and O–H groups in total. The van der Waals surface area contributed by atoms with E-state index in [4.69, 9.17) is 4.74 Å². The number of H-pyrrole nitrogens is 2. The van der Waals surface area contributed by atoms with Gasteiger partial charge in [-0.2, -0.15) is 5.10 Å². The molecule has 1 aliphatic rings. The first-order valence-electron chi connectivity index (χ1n) is 4.89. The Morgan fingerprint density at radius 2 is 2.47 bits per heavy atom. The number of hydrogen-bond donors (Lipinski definition) is 2. The summed E-state index contributed by atoms with van der Waals surface area (Å²) in [6.45, 7) is 0.760. The van der Waals surface area contributed by atoms with Crippen LogP contribution in [0.1, 0.15) is 24.8 Å². The Kier molecular flexibility index (Phi) is 1.81. The van der Waals surface area contributed by atoms with Gasteiger partial charge in [0.1, 0.15) is 11.9 Å². The molecular weight excluding hydrogens is 196 g/mol. The molecule has 1 atom stereocenters. The summed E-state index contributed by atoms with van der Waals surface area (Å²) in [4.78, 5) is 18.7. The average Bonchev–Trinajstić information content (AvgIpc) is 2.86. The molecule has 0 saturated carbocycles. The molecule has 6 nitrogen and oxygen atoms in total. The Morgan fingerprint density at radius 1 is 1.53 bits per heavy atom. The summed E-state index contributed by atoms with van der Waals surface area (Å²) in [5.41, 5.74) is 0.785. The Labute approximate surface area is 84.7 Å². The van der Waals surface area contributed by atoms with Gasteiger partial charge in [0.15, 0.2) is 5.52 Å². The topological polar surface area (TPSA) is 83.7 Å². The largest absolute Gasteiger partial charge is 0.370 e.